The molecule has 0 amide bonds. The molecular formula is C17H31N3O. The summed E-state index contributed by atoms with van der Waals surface area (Å²) in [5, 5.41) is 3.68. The Bertz CT molecular complexity index is 421. The van der Waals surface area contributed by atoms with E-state index in [1.807, 2.05) is 19.5 Å². The maximum Gasteiger partial charge on any atom is 0.108 e. The van der Waals surface area contributed by atoms with Gasteiger partial charge in [-0.3, -0.25) is 0 Å². The molecule has 4 heteroatoms. The van der Waals surface area contributed by atoms with Crippen LogP contribution in [-0.4, -0.2) is 34.8 Å². The van der Waals surface area contributed by atoms with Crippen LogP contribution in [0.25, 0.3) is 0 Å². The molecule has 1 aromatic heterocycles. The van der Waals surface area contributed by atoms with Crippen molar-refractivity contribution < 1.29 is 4.74 Å². The third-order valence-corrected chi connectivity index (χ3v) is 5.19. The molecule has 0 radical (unpaired) electrons. The minimum absolute atomic E-state index is 0.00762. The number of hydrogen-bond donors (Lipinski definition) is 1. The highest BCUT2D eigenvalue weighted by atomic mass is 16.5. The number of imidazole rings is 1. The van der Waals surface area contributed by atoms with E-state index in [1.165, 1.54) is 25.7 Å². The van der Waals surface area contributed by atoms with Crippen molar-refractivity contribution in [1.29, 1.82) is 0 Å². The van der Waals surface area contributed by atoms with E-state index in [0.29, 0.717) is 6.04 Å². The Labute approximate surface area is 129 Å². The molecule has 1 aliphatic rings. The number of rotatable bonds is 7. The second-order valence-corrected chi connectivity index (χ2v) is 6.55. The zero-order valence-corrected chi connectivity index (χ0v) is 14.1. The van der Waals surface area contributed by atoms with Crippen LogP contribution in [0.5, 0.6) is 0 Å². The standard InChI is InChI=1S/C17H31N3O/c1-5-18-15(6-7-16-19-12-13-20(16)3)17(21-4)10-8-14(2)9-11-17/h12-15,18H,5-11H2,1-4H3. The fourth-order valence-electron chi connectivity index (χ4n) is 3.65. The van der Waals surface area contributed by atoms with Crippen LogP contribution in [-0.2, 0) is 18.2 Å². The molecule has 0 saturated heterocycles. The molecule has 1 aliphatic carbocycles. The van der Waals surface area contributed by atoms with Crippen LogP contribution < -0.4 is 5.32 Å². The van der Waals surface area contributed by atoms with Gasteiger partial charge in [-0.05, 0) is 44.6 Å². The van der Waals surface area contributed by atoms with E-state index in [0.717, 1.165) is 31.1 Å². The number of likely N-dealkylation sites (N-methyl/N-ethyl adjacent to an activating group) is 1. The number of methoxy groups -OCH3 is 1. The summed E-state index contributed by atoms with van der Waals surface area (Å²) in [4.78, 5) is 4.45. The Hall–Kier alpha value is -0.870. The van der Waals surface area contributed by atoms with E-state index < -0.39 is 0 Å². The summed E-state index contributed by atoms with van der Waals surface area (Å²) < 4.78 is 8.17. The third-order valence-electron chi connectivity index (χ3n) is 5.19. The Morgan fingerprint density at radius 2 is 2.19 bits per heavy atom. The van der Waals surface area contributed by atoms with Gasteiger partial charge in [-0.2, -0.15) is 0 Å². The number of ether oxygens (including phenoxy) is 1. The van der Waals surface area contributed by atoms with E-state index in [-0.39, 0.29) is 5.60 Å². The highest BCUT2D eigenvalue weighted by molar-refractivity contribution is 4.99. The number of hydrogen-bond acceptors (Lipinski definition) is 3. The summed E-state index contributed by atoms with van der Waals surface area (Å²) >= 11 is 0. The van der Waals surface area contributed by atoms with E-state index in [1.54, 1.807) is 0 Å². The van der Waals surface area contributed by atoms with Gasteiger partial charge in [0.1, 0.15) is 5.82 Å². The van der Waals surface area contributed by atoms with Gasteiger partial charge in [-0.25, -0.2) is 4.98 Å². The molecule has 1 atom stereocenters. The van der Waals surface area contributed by atoms with E-state index in [4.69, 9.17) is 4.74 Å². The summed E-state index contributed by atoms with van der Waals surface area (Å²) in [6, 6.07) is 0.414. The van der Waals surface area contributed by atoms with Crippen LogP contribution in [0.1, 0.15) is 51.8 Å². The maximum absolute atomic E-state index is 6.05. The van der Waals surface area contributed by atoms with Gasteiger partial charge in [0.15, 0.2) is 0 Å². The topological polar surface area (TPSA) is 39.1 Å². The van der Waals surface area contributed by atoms with Crippen LogP contribution >= 0.6 is 0 Å². The van der Waals surface area contributed by atoms with E-state index in [2.05, 4.69) is 35.8 Å². The molecule has 120 valence electrons. The number of nitrogens with zero attached hydrogens (tertiary/aromatic N) is 2. The van der Waals surface area contributed by atoms with Gasteiger partial charge in [0.25, 0.3) is 0 Å². The van der Waals surface area contributed by atoms with Gasteiger partial charge < -0.3 is 14.6 Å². The predicted octanol–water partition coefficient (Wildman–Crippen LogP) is 2.93. The maximum atomic E-state index is 6.05. The predicted molar refractivity (Wildman–Crippen MR) is 86.4 cm³/mol. The molecule has 1 N–H and O–H groups in total. The Morgan fingerprint density at radius 3 is 2.71 bits per heavy atom. The van der Waals surface area contributed by atoms with Crippen LogP contribution in [0.4, 0.5) is 0 Å². The molecule has 1 aromatic rings. The molecule has 0 aliphatic heterocycles. The van der Waals surface area contributed by atoms with E-state index >= 15 is 0 Å². The number of aromatic nitrogens is 2. The van der Waals surface area contributed by atoms with Crippen molar-refractivity contribution in [3.63, 3.8) is 0 Å². The smallest absolute Gasteiger partial charge is 0.108 e. The lowest BCUT2D eigenvalue weighted by Gasteiger charge is -2.44. The van der Waals surface area contributed by atoms with E-state index in [9.17, 15) is 0 Å². The lowest BCUT2D eigenvalue weighted by molar-refractivity contribution is -0.0761. The quantitative estimate of drug-likeness (QED) is 0.840. The summed E-state index contributed by atoms with van der Waals surface area (Å²) in [7, 11) is 3.96. The monoisotopic (exact) mass is 293 g/mol. The fourth-order valence-corrected chi connectivity index (χ4v) is 3.65. The summed E-state index contributed by atoms with van der Waals surface area (Å²) in [5.41, 5.74) is 0.00762. The molecule has 0 bridgehead atoms. The minimum atomic E-state index is 0.00762. The third kappa shape index (κ3) is 3.86. The molecule has 21 heavy (non-hydrogen) atoms. The van der Waals surface area contributed by atoms with Crippen molar-refractivity contribution in [1.82, 2.24) is 14.9 Å². The zero-order valence-electron chi connectivity index (χ0n) is 14.1. The lowest BCUT2D eigenvalue weighted by Crippen LogP contribution is -2.54. The average molecular weight is 293 g/mol. The van der Waals surface area contributed by atoms with Crippen LogP contribution in [0.3, 0.4) is 0 Å². The SMILES string of the molecule is CCNC(CCc1nccn1C)C1(OC)CCC(C)CC1. The molecule has 1 heterocycles. The number of aryl methyl sites for hydroxylation is 2. The molecule has 2 rings (SSSR count). The van der Waals surface area contributed by atoms with Crippen molar-refractivity contribution in [3.05, 3.63) is 18.2 Å². The van der Waals surface area contributed by atoms with Gasteiger partial charge in [0, 0.05) is 39.0 Å². The summed E-state index contributed by atoms with van der Waals surface area (Å²) in [6.07, 6.45) is 10.9. The molecule has 4 nitrogen and oxygen atoms in total. The molecule has 1 fully saturated rings. The molecule has 1 unspecified atom stereocenters. The minimum Gasteiger partial charge on any atom is -0.377 e. The summed E-state index contributed by atoms with van der Waals surface area (Å²) in [5.74, 6) is 2.00. The highest BCUT2D eigenvalue weighted by Gasteiger charge is 2.40. The second kappa shape index (κ2) is 7.41. The molecule has 0 spiro atoms. The molecule has 0 aromatic carbocycles. The average Bonchev–Trinajstić information content (AvgIpc) is 2.90. The van der Waals surface area contributed by atoms with Crippen LogP contribution in [0.2, 0.25) is 0 Å². The Kier molecular flexibility index (Phi) is 5.82. The Balaban J connectivity index is 2.04. The highest BCUT2D eigenvalue weighted by Crippen LogP contribution is 2.38. The second-order valence-electron chi connectivity index (χ2n) is 6.55. The molecular weight excluding hydrogens is 262 g/mol. The van der Waals surface area contributed by atoms with Crippen molar-refractivity contribution >= 4 is 0 Å². The van der Waals surface area contributed by atoms with Crippen LogP contribution in [0, 0.1) is 5.92 Å². The van der Waals surface area contributed by atoms with Crippen molar-refractivity contribution in [2.75, 3.05) is 13.7 Å². The summed E-state index contributed by atoms with van der Waals surface area (Å²) in [6.45, 7) is 5.53. The fraction of sp³-hybridized carbons (Fsp3) is 0.824. The first-order chi connectivity index (χ1) is 10.1. The number of nitrogens with one attached hydrogen (secondary N) is 1. The van der Waals surface area contributed by atoms with Crippen LogP contribution in [0.15, 0.2) is 12.4 Å². The van der Waals surface area contributed by atoms with Gasteiger partial charge in [0.2, 0.25) is 0 Å². The van der Waals surface area contributed by atoms with Gasteiger partial charge in [-0.15, -0.1) is 0 Å². The molecule has 1 saturated carbocycles. The lowest BCUT2D eigenvalue weighted by atomic mass is 9.74. The largest absolute Gasteiger partial charge is 0.377 e. The first kappa shape index (κ1) is 16.5. The zero-order chi connectivity index (χ0) is 15.3. The van der Waals surface area contributed by atoms with Gasteiger partial charge in [0.05, 0.1) is 5.60 Å². The van der Waals surface area contributed by atoms with Crippen molar-refractivity contribution in [2.24, 2.45) is 13.0 Å². The first-order valence-corrected chi connectivity index (χ1v) is 8.36. The van der Waals surface area contributed by atoms with Gasteiger partial charge >= 0.3 is 0 Å². The van der Waals surface area contributed by atoms with Crippen molar-refractivity contribution in [3.8, 4) is 0 Å². The first-order valence-electron chi connectivity index (χ1n) is 8.36. The normalized spacial score (nSPS) is 27.7. The van der Waals surface area contributed by atoms with Gasteiger partial charge in [-0.1, -0.05) is 13.8 Å². The van der Waals surface area contributed by atoms with Crippen molar-refractivity contribution in [2.45, 2.75) is 64.0 Å². The Morgan fingerprint density at radius 1 is 1.48 bits per heavy atom.